The van der Waals surface area contributed by atoms with E-state index >= 15 is 0 Å². The van der Waals surface area contributed by atoms with E-state index in [1.807, 2.05) is 48.8 Å². The Hall–Kier alpha value is -6.56. The minimum atomic E-state index is -1.33. The van der Waals surface area contributed by atoms with Crippen LogP contribution in [0.15, 0.2) is 205 Å². The zero-order valence-corrected chi connectivity index (χ0v) is 44.6. The van der Waals surface area contributed by atoms with Crippen LogP contribution >= 0.6 is 0 Å². The number of benzene rings is 6. The van der Waals surface area contributed by atoms with E-state index < -0.39 is 8.07 Å². The first-order valence-corrected chi connectivity index (χ1v) is 27.5. The molecule has 0 bridgehead atoms. The second-order valence-electron chi connectivity index (χ2n) is 19.5. The minimum absolute atomic E-state index is 0. The quantitative estimate of drug-likeness (QED) is 0.128. The monoisotopic (exact) mass is 1100 g/mol. The molecule has 4 heterocycles. The number of fused-ring (bicyclic) bond motifs is 3. The summed E-state index contributed by atoms with van der Waals surface area (Å²) in [4.78, 5) is 14.0. The molecule has 0 atom stereocenters. The molecule has 10 rings (SSSR count). The van der Waals surface area contributed by atoms with E-state index in [-0.39, 0.29) is 20.1 Å². The summed E-state index contributed by atoms with van der Waals surface area (Å²) in [5.41, 5.74) is 17.0. The largest absolute Gasteiger partial charge is 0.455 e. The topological polar surface area (TPSA) is 51.8 Å². The molecule has 0 amide bonds. The van der Waals surface area contributed by atoms with Crippen LogP contribution in [-0.2, 0) is 32.9 Å². The average molecular weight is 1100 g/mol. The van der Waals surface area contributed by atoms with E-state index in [1.54, 1.807) is 0 Å². The van der Waals surface area contributed by atoms with E-state index in [0.29, 0.717) is 11.8 Å². The Morgan fingerprint density at radius 3 is 1.57 bits per heavy atom. The number of nitrogens with zero attached hydrogens (tertiary/aromatic N) is 3. The number of hydrogen-bond acceptors (Lipinski definition) is 4. The van der Waals surface area contributed by atoms with E-state index in [9.17, 15) is 0 Å². The van der Waals surface area contributed by atoms with Crippen molar-refractivity contribution in [3.05, 3.63) is 217 Å². The molecule has 10 aromatic rings. The van der Waals surface area contributed by atoms with Crippen molar-refractivity contribution < 1.29 is 24.5 Å². The first-order chi connectivity index (χ1) is 32.9. The van der Waals surface area contributed by atoms with E-state index in [1.165, 1.54) is 49.7 Å². The van der Waals surface area contributed by atoms with Crippen molar-refractivity contribution in [3.8, 4) is 56.0 Å². The fourth-order valence-corrected chi connectivity index (χ4v) is 10.5. The summed E-state index contributed by atoms with van der Waals surface area (Å²) in [6.45, 7) is 18.4. The van der Waals surface area contributed by atoms with Gasteiger partial charge in [0.25, 0.3) is 0 Å². The molecule has 0 spiro atoms. The molecule has 0 saturated heterocycles. The van der Waals surface area contributed by atoms with Gasteiger partial charge in [0.1, 0.15) is 11.2 Å². The number of hydrogen-bond donors (Lipinski definition) is 0. The molecule has 0 aliphatic heterocycles. The van der Waals surface area contributed by atoms with Crippen LogP contribution in [0.1, 0.15) is 44.4 Å². The van der Waals surface area contributed by atoms with Crippen LogP contribution in [0.3, 0.4) is 0 Å². The molecule has 1 radical (unpaired) electrons. The van der Waals surface area contributed by atoms with Gasteiger partial charge >= 0.3 is 0 Å². The normalized spacial score (nSPS) is 11.2. The number of pyridine rings is 3. The van der Waals surface area contributed by atoms with Gasteiger partial charge in [-0.2, -0.15) is 0 Å². The summed E-state index contributed by atoms with van der Waals surface area (Å²) in [5, 5.41) is 3.77. The fourth-order valence-electron chi connectivity index (χ4n) is 8.92. The average Bonchev–Trinajstić information content (AvgIpc) is 3.74. The third-order valence-corrected chi connectivity index (χ3v) is 14.2. The molecule has 69 heavy (non-hydrogen) atoms. The van der Waals surface area contributed by atoms with Crippen molar-refractivity contribution in [1.29, 1.82) is 0 Å². The first-order valence-electron chi connectivity index (χ1n) is 24.0. The van der Waals surface area contributed by atoms with Gasteiger partial charge in [-0.3, -0.25) is 15.0 Å². The second kappa shape index (κ2) is 23.2. The van der Waals surface area contributed by atoms with Crippen LogP contribution in [0.2, 0.25) is 19.6 Å². The van der Waals surface area contributed by atoms with E-state index in [0.717, 1.165) is 63.0 Å². The van der Waals surface area contributed by atoms with Gasteiger partial charge in [0.2, 0.25) is 0 Å². The predicted molar refractivity (Wildman–Crippen MR) is 292 cm³/mol. The molecule has 4 aromatic heterocycles. The maximum absolute atomic E-state index is 6.41. The van der Waals surface area contributed by atoms with Gasteiger partial charge in [-0.05, 0) is 107 Å². The van der Waals surface area contributed by atoms with Gasteiger partial charge in [0.05, 0.1) is 25.2 Å². The molecule has 0 saturated carbocycles. The molecule has 0 unspecified atom stereocenters. The summed E-state index contributed by atoms with van der Waals surface area (Å²) in [6.07, 6.45) is 8.26. The maximum Gasteiger partial charge on any atom is 0.144 e. The standard InChI is InChI=1S/C30H21NO.C18H25NSi.C15H17N.Ir/c1-20-18-27(31-19-26(20)22-12-6-3-7-13-22)24-15-8-16-25-29-23(21-10-4-2-5-11-21)14-9-17-28(29)32-30(24)25;1-14(2)11-16-12-17(15-9-7-6-8-10-15)19-13-18(16)20(3,4)5;1-12(2)10-13-8-9-16-15(11-13)14-6-4-3-5-7-14;/h2-19H,1H3;6-10,12-14H,11H2,1-5H3;3-9,11-12H,10H2,1-2H3;. The van der Waals surface area contributed by atoms with Gasteiger partial charge in [-0.25, -0.2) is 0 Å². The van der Waals surface area contributed by atoms with Crippen LogP contribution < -0.4 is 5.19 Å². The van der Waals surface area contributed by atoms with Crippen molar-refractivity contribution in [2.45, 2.75) is 67.1 Å². The van der Waals surface area contributed by atoms with Gasteiger partial charge in [0.15, 0.2) is 0 Å². The Kier molecular flexibility index (Phi) is 16.9. The van der Waals surface area contributed by atoms with Gasteiger partial charge in [-0.1, -0.05) is 193 Å². The van der Waals surface area contributed by atoms with Crippen molar-refractivity contribution >= 4 is 35.2 Å². The number of aromatic nitrogens is 3. The zero-order chi connectivity index (χ0) is 47.6. The number of furan rings is 1. The number of para-hydroxylation sites is 1. The number of aryl methyl sites for hydroxylation is 1. The van der Waals surface area contributed by atoms with E-state index in [2.05, 4.69) is 211 Å². The van der Waals surface area contributed by atoms with Crippen LogP contribution in [0.25, 0.3) is 78.0 Å². The van der Waals surface area contributed by atoms with Gasteiger partial charge in [-0.15, -0.1) is 0 Å². The third-order valence-electron chi connectivity index (χ3n) is 12.1. The van der Waals surface area contributed by atoms with Crippen LogP contribution in [-0.4, -0.2) is 23.0 Å². The van der Waals surface area contributed by atoms with E-state index in [4.69, 9.17) is 14.4 Å². The van der Waals surface area contributed by atoms with Gasteiger partial charge in [0, 0.05) is 71.7 Å². The predicted octanol–water partition coefficient (Wildman–Crippen LogP) is 16.7. The molecule has 4 nitrogen and oxygen atoms in total. The molecule has 0 N–H and O–H groups in total. The van der Waals surface area contributed by atoms with Crippen LogP contribution in [0, 0.1) is 18.8 Å². The van der Waals surface area contributed by atoms with Crippen molar-refractivity contribution in [2.24, 2.45) is 11.8 Å². The smallest absolute Gasteiger partial charge is 0.144 e. The molecular weight excluding hydrogens is 1040 g/mol. The van der Waals surface area contributed by atoms with Gasteiger partial charge < -0.3 is 4.42 Å². The van der Waals surface area contributed by atoms with Crippen LogP contribution in [0.4, 0.5) is 0 Å². The first kappa shape index (κ1) is 50.3. The Bertz CT molecular complexity index is 3220. The SMILES string of the molecule is CC(C)Cc1cc(-c2ccccc2)ncc1[Si](C)(C)C.CC(C)Cc1ccnc(-c2ccccc2)c1.Cc1cc(-c2cccc3c2oc2cccc(-c4ccccc4)c23)ncc1-c1ccccc1.[Ir]. The Morgan fingerprint density at radius 2 is 1.00 bits per heavy atom. The summed E-state index contributed by atoms with van der Waals surface area (Å²) < 4.78 is 6.41. The summed E-state index contributed by atoms with van der Waals surface area (Å²) in [7, 11) is -1.33. The molecule has 349 valence electrons. The second-order valence-corrected chi connectivity index (χ2v) is 24.6. The summed E-state index contributed by atoms with van der Waals surface area (Å²) in [5.74, 6) is 1.36. The molecule has 6 aromatic carbocycles. The van der Waals surface area contributed by atoms with Crippen LogP contribution in [0.5, 0.6) is 0 Å². The molecule has 0 aliphatic carbocycles. The third kappa shape index (κ3) is 12.6. The molecule has 0 aliphatic rings. The summed E-state index contributed by atoms with van der Waals surface area (Å²) in [6, 6.07) is 63.0. The number of rotatable bonds is 10. The minimum Gasteiger partial charge on any atom is -0.455 e. The Morgan fingerprint density at radius 1 is 0.478 bits per heavy atom. The zero-order valence-electron chi connectivity index (χ0n) is 41.2. The molecule has 0 fully saturated rings. The van der Waals surface area contributed by atoms with Crippen molar-refractivity contribution in [1.82, 2.24) is 15.0 Å². The van der Waals surface area contributed by atoms with Crippen molar-refractivity contribution in [2.75, 3.05) is 0 Å². The van der Waals surface area contributed by atoms with Crippen molar-refractivity contribution in [3.63, 3.8) is 0 Å². The fraction of sp³-hybridized carbons (Fsp3) is 0.190. The molecular formula is C63H63IrN3OSi. The molecule has 6 heteroatoms. The Balaban J connectivity index is 0.000000164. The maximum atomic E-state index is 6.41. The summed E-state index contributed by atoms with van der Waals surface area (Å²) >= 11 is 0. The Labute approximate surface area is 424 Å².